The topological polar surface area (TPSA) is 120 Å². The quantitative estimate of drug-likeness (QED) is 0.380. The first-order chi connectivity index (χ1) is 14.7. The minimum Gasteiger partial charge on any atom is -0.192 e. The molecule has 30 heavy (non-hydrogen) atoms. The van der Waals surface area contributed by atoms with Gasteiger partial charge < -0.3 is 0 Å². The van der Waals surface area contributed by atoms with Gasteiger partial charge in [-0.15, -0.1) is 0 Å². The lowest BCUT2D eigenvalue weighted by molar-refractivity contribution is 1.37. The van der Waals surface area contributed by atoms with Gasteiger partial charge in [-0.05, 0) is 57.9 Å². The van der Waals surface area contributed by atoms with E-state index in [2.05, 4.69) is 22.1 Å². The van der Waals surface area contributed by atoms with E-state index in [-0.39, 0.29) is 0 Å². The van der Waals surface area contributed by atoms with Gasteiger partial charge >= 0.3 is 0 Å². The minimum atomic E-state index is 0.487. The van der Waals surface area contributed by atoms with E-state index in [1.807, 2.05) is 36.7 Å². The Kier molecular flexibility index (Phi) is 3.56. The average Bonchev–Trinajstić information content (AvgIpc) is 3.24. The summed E-state index contributed by atoms with van der Waals surface area (Å²) in [5, 5.41) is 44.5. The third kappa shape index (κ3) is 2.20. The van der Waals surface area contributed by atoms with Crippen LogP contribution in [0.2, 0.25) is 0 Å². The number of benzene rings is 3. The zero-order valence-electron chi connectivity index (χ0n) is 15.3. The molecule has 0 N–H and O–H groups in total. The maximum atomic E-state index is 9.26. The highest BCUT2D eigenvalue weighted by atomic mass is 14.7. The summed E-state index contributed by atoms with van der Waals surface area (Å²) in [4.78, 5) is 8.04. The van der Waals surface area contributed by atoms with Crippen molar-refractivity contribution in [3.63, 3.8) is 0 Å². The van der Waals surface area contributed by atoms with Gasteiger partial charge in [-0.2, -0.15) is 31.0 Å². The van der Waals surface area contributed by atoms with Crippen LogP contribution in [0.25, 0.3) is 43.1 Å². The molecule has 0 fully saturated rings. The van der Waals surface area contributed by atoms with Crippen LogP contribution >= 0.6 is 0 Å². The standard InChI is InChI=1S/C24H8N6/c25-9-13-1-3-15-17-7-18-16-4-2-14(10-26)6-20(16)24(30-12-28)22(18)8-21(17)23(29-11-27)19(15)5-13/h1-8H. The summed E-state index contributed by atoms with van der Waals surface area (Å²) in [5.41, 5.74) is 0.974. The zero-order chi connectivity index (χ0) is 20.8. The molecule has 0 atom stereocenters. The van der Waals surface area contributed by atoms with Gasteiger partial charge in [-0.1, -0.05) is 12.1 Å². The molecule has 0 radical (unpaired) electrons. The molecule has 0 amide bonds. The van der Waals surface area contributed by atoms with Crippen molar-refractivity contribution in [2.45, 2.75) is 0 Å². The van der Waals surface area contributed by atoms with E-state index in [4.69, 9.17) is 0 Å². The number of hydrogen-bond acceptors (Lipinski definition) is 6. The normalized spacial score (nSPS) is 12.3. The molecule has 0 aliphatic heterocycles. The zero-order valence-corrected chi connectivity index (χ0v) is 15.3. The Labute approximate surface area is 169 Å². The van der Waals surface area contributed by atoms with Crippen LogP contribution < -0.4 is 10.7 Å². The Balaban J connectivity index is 2.09. The molecule has 6 heteroatoms. The van der Waals surface area contributed by atoms with Gasteiger partial charge in [-0.3, -0.25) is 0 Å². The van der Waals surface area contributed by atoms with E-state index in [0.29, 0.717) is 21.8 Å². The summed E-state index contributed by atoms with van der Waals surface area (Å²) < 4.78 is 0. The van der Waals surface area contributed by atoms with Gasteiger partial charge in [0.25, 0.3) is 0 Å². The van der Waals surface area contributed by atoms with E-state index < -0.39 is 0 Å². The van der Waals surface area contributed by atoms with Crippen LogP contribution in [0, 0.1) is 45.6 Å². The number of nitrogens with zero attached hydrogens (tertiary/aromatic N) is 6. The molecule has 5 rings (SSSR count). The Morgan fingerprint density at radius 1 is 0.467 bits per heavy atom. The average molecular weight is 380 g/mol. The maximum Gasteiger partial charge on any atom is 0.206 e. The number of fused-ring (bicyclic) bond motifs is 6. The lowest BCUT2D eigenvalue weighted by Gasteiger charge is -1.96. The lowest BCUT2D eigenvalue weighted by Crippen LogP contribution is -2.00. The van der Waals surface area contributed by atoms with E-state index in [0.717, 1.165) is 43.1 Å². The second-order valence-corrected chi connectivity index (χ2v) is 6.81. The molecule has 134 valence electrons. The summed E-state index contributed by atoms with van der Waals surface area (Å²) in [6.45, 7) is 0. The highest BCUT2D eigenvalue weighted by Crippen LogP contribution is 2.32. The largest absolute Gasteiger partial charge is 0.206 e. The predicted molar refractivity (Wildman–Crippen MR) is 111 cm³/mol. The lowest BCUT2D eigenvalue weighted by atomic mass is 10.1. The fourth-order valence-corrected chi connectivity index (χ4v) is 4.16. The predicted octanol–water partition coefficient (Wildman–Crippen LogP) is 3.68. The maximum absolute atomic E-state index is 9.26. The molecular formula is C24H8N6. The van der Waals surface area contributed by atoms with Crippen LogP contribution in [0.15, 0.2) is 58.5 Å². The van der Waals surface area contributed by atoms with Crippen LogP contribution in [0.4, 0.5) is 0 Å². The molecule has 0 aliphatic carbocycles. The van der Waals surface area contributed by atoms with Crippen LogP contribution in [-0.4, -0.2) is 0 Å². The van der Waals surface area contributed by atoms with E-state index in [1.165, 1.54) is 0 Å². The SMILES string of the molecule is N#CN=c1c2cc(C#N)ccc2c2cc3c(cc12)c(=NC#N)c1cc(C#N)ccc13. The third-order valence-electron chi connectivity index (χ3n) is 5.38. The molecule has 0 saturated carbocycles. The molecule has 0 unspecified atom stereocenters. The molecule has 6 nitrogen and oxygen atoms in total. The van der Waals surface area contributed by atoms with Gasteiger partial charge in [-0.25, -0.2) is 0 Å². The molecule has 0 spiro atoms. The van der Waals surface area contributed by atoms with Crippen molar-refractivity contribution in [2.75, 3.05) is 0 Å². The summed E-state index contributed by atoms with van der Waals surface area (Å²) in [6.07, 6.45) is 3.70. The third-order valence-corrected chi connectivity index (χ3v) is 5.38. The van der Waals surface area contributed by atoms with Crippen LogP contribution in [0.3, 0.4) is 0 Å². The molecule has 0 bridgehead atoms. The second kappa shape index (κ2) is 6.25. The van der Waals surface area contributed by atoms with Gasteiger partial charge in [0.05, 0.1) is 34.0 Å². The van der Waals surface area contributed by atoms with E-state index >= 15 is 0 Å². The fraction of sp³-hybridized carbons (Fsp3) is 0. The Bertz CT molecular complexity index is 1700. The van der Waals surface area contributed by atoms with E-state index in [9.17, 15) is 21.0 Å². The van der Waals surface area contributed by atoms with Crippen molar-refractivity contribution in [3.8, 4) is 24.5 Å². The molecule has 0 aliphatic rings. The fourth-order valence-electron chi connectivity index (χ4n) is 4.16. The second-order valence-electron chi connectivity index (χ2n) is 6.81. The Hall–Kier alpha value is -5.04. The van der Waals surface area contributed by atoms with E-state index in [1.54, 1.807) is 24.3 Å². The highest BCUT2D eigenvalue weighted by Gasteiger charge is 2.15. The molecule has 5 aromatic carbocycles. The molecule has 0 heterocycles. The summed E-state index contributed by atoms with van der Waals surface area (Å²) >= 11 is 0. The Morgan fingerprint density at radius 3 is 1.27 bits per heavy atom. The number of hydrogen-bond donors (Lipinski definition) is 0. The van der Waals surface area contributed by atoms with Crippen LogP contribution in [0.1, 0.15) is 11.1 Å². The Morgan fingerprint density at radius 2 is 0.867 bits per heavy atom. The first-order valence-corrected chi connectivity index (χ1v) is 8.92. The molecule has 5 aromatic rings. The monoisotopic (exact) mass is 380 g/mol. The summed E-state index contributed by atoms with van der Waals surface area (Å²) in [6, 6.07) is 18.8. The van der Waals surface area contributed by atoms with Gasteiger partial charge in [0.1, 0.15) is 0 Å². The van der Waals surface area contributed by atoms with Gasteiger partial charge in [0.2, 0.25) is 12.4 Å². The van der Waals surface area contributed by atoms with Crippen molar-refractivity contribution in [1.29, 1.82) is 21.0 Å². The number of rotatable bonds is 0. The number of nitriles is 4. The highest BCUT2D eigenvalue weighted by molar-refractivity contribution is 6.21. The van der Waals surface area contributed by atoms with Crippen molar-refractivity contribution in [2.24, 2.45) is 9.98 Å². The van der Waals surface area contributed by atoms with Crippen LogP contribution in [-0.2, 0) is 0 Å². The van der Waals surface area contributed by atoms with Gasteiger partial charge in [0.15, 0.2) is 0 Å². The molecule has 0 aromatic heterocycles. The van der Waals surface area contributed by atoms with Crippen molar-refractivity contribution in [3.05, 3.63) is 70.4 Å². The van der Waals surface area contributed by atoms with Crippen LogP contribution in [0.5, 0.6) is 0 Å². The molecule has 0 saturated heterocycles. The van der Waals surface area contributed by atoms with Crippen molar-refractivity contribution in [1.82, 2.24) is 0 Å². The van der Waals surface area contributed by atoms with Crippen molar-refractivity contribution >= 4 is 43.1 Å². The van der Waals surface area contributed by atoms with Gasteiger partial charge in [0, 0.05) is 21.5 Å². The first-order valence-electron chi connectivity index (χ1n) is 8.92. The summed E-state index contributed by atoms with van der Waals surface area (Å²) in [5.74, 6) is 0. The smallest absolute Gasteiger partial charge is 0.192 e. The van der Waals surface area contributed by atoms with Crippen molar-refractivity contribution < 1.29 is 0 Å². The molecular weight excluding hydrogens is 372 g/mol. The first kappa shape index (κ1) is 17.1. The summed E-state index contributed by atoms with van der Waals surface area (Å²) in [7, 11) is 0. The minimum absolute atomic E-state index is 0.487.